The van der Waals surface area contributed by atoms with Gasteiger partial charge in [0.2, 0.25) is 0 Å². The number of rotatable bonds is 2. The van der Waals surface area contributed by atoms with Crippen LogP contribution in [-0.4, -0.2) is 31.4 Å². The molecule has 2 heterocycles. The average Bonchev–Trinajstić information content (AvgIpc) is 2.77. The van der Waals surface area contributed by atoms with Gasteiger partial charge in [0.15, 0.2) is 0 Å². The maximum absolute atomic E-state index is 11.5. The molecule has 1 aromatic heterocycles. The van der Waals surface area contributed by atoms with Crippen molar-refractivity contribution >= 4 is 45.8 Å². The highest BCUT2D eigenvalue weighted by Gasteiger charge is 2.52. The molecule has 0 bridgehead atoms. The van der Waals surface area contributed by atoms with Gasteiger partial charge < -0.3 is 14.0 Å². The first-order valence-corrected chi connectivity index (χ1v) is 7.52. The zero-order valence-corrected chi connectivity index (χ0v) is 14.0. The number of hydrogen-bond acceptors (Lipinski definition) is 5. The van der Waals surface area contributed by atoms with Crippen molar-refractivity contribution in [3.05, 3.63) is 14.7 Å². The van der Waals surface area contributed by atoms with Crippen LogP contribution in [-0.2, 0) is 14.0 Å². The molecule has 1 aromatic rings. The summed E-state index contributed by atoms with van der Waals surface area (Å²) >= 11 is 4.77. The van der Waals surface area contributed by atoms with E-state index < -0.39 is 18.3 Å². The number of esters is 1. The van der Waals surface area contributed by atoms with Gasteiger partial charge >= 0.3 is 13.1 Å². The molecule has 0 aromatic carbocycles. The van der Waals surface area contributed by atoms with Crippen LogP contribution in [0, 0.1) is 0 Å². The number of halogens is 1. The molecule has 19 heavy (non-hydrogen) atoms. The van der Waals surface area contributed by atoms with Crippen molar-refractivity contribution in [2.75, 3.05) is 7.11 Å². The Kier molecular flexibility index (Phi) is 3.86. The number of carbonyl (C=O) groups is 1. The average molecular weight is 347 g/mol. The number of carbonyl (C=O) groups excluding carboxylic acids is 1. The summed E-state index contributed by atoms with van der Waals surface area (Å²) in [7, 11) is 0.888. The maximum Gasteiger partial charge on any atom is 0.496 e. The molecule has 1 aliphatic rings. The lowest BCUT2D eigenvalue weighted by Crippen LogP contribution is -2.41. The molecule has 1 aliphatic heterocycles. The molecule has 0 N–H and O–H groups in total. The highest BCUT2D eigenvalue weighted by atomic mass is 79.9. The Morgan fingerprint density at radius 3 is 2.32 bits per heavy atom. The fourth-order valence-corrected chi connectivity index (χ4v) is 3.36. The van der Waals surface area contributed by atoms with Crippen molar-refractivity contribution < 1.29 is 18.8 Å². The minimum atomic E-state index is -0.478. The minimum Gasteiger partial charge on any atom is -0.465 e. The normalized spacial score (nSPS) is 20.6. The molecule has 0 amide bonds. The lowest BCUT2D eigenvalue weighted by Gasteiger charge is -2.32. The van der Waals surface area contributed by atoms with Gasteiger partial charge in [0.05, 0.1) is 22.1 Å². The predicted molar refractivity (Wildman–Crippen MR) is 79.1 cm³/mol. The Hall–Kier alpha value is -0.365. The molecule has 4 nitrogen and oxygen atoms in total. The second kappa shape index (κ2) is 4.88. The second-order valence-corrected chi connectivity index (χ2v) is 7.79. The van der Waals surface area contributed by atoms with Crippen molar-refractivity contribution in [3.63, 3.8) is 0 Å². The molecule has 104 valence electrons. The van der Waals surface area contributed by atoms with E-state index in [9.17, 15) is 4.79 Å². The number of methoxy groups -OCH3 is 1. The van der Waals surface area contributed by atoms with Crippen LogP contribution in [0.5, 0.6) is 0 Å². The van der Waals surface area contributed by atoms with Crippen LogP contribution >= 0.6 is 27.3 Å². The van der Waals surface area contributed by atoms with E-state index in [0.29, 0.717) is 4.88 Å². The maximum atomic E-state index is 11.5. The Bertz CT molecular complexity index is 496. The molecule has 7 heteroatoms. The van der Waals surface area contributed by atoms with E-state index >= 15 is 0 Å². The number of ether oxygens (including phenoxy) is 1. The summed E-state index contributed by atoms with van der Waals surface area (Å²) in [6, 6.07) is 1.75. The van der Waals surface area contributed by atoms with Crippen molar-refractivity contribution in [2.24, 2.45) is 0 Å². The molecule has 0 radical (unpaired) electrons. The van der Waals surface area contributed by atoms with Crippen LogP contribution < -0.4 is 5.46 Å². The minimum absolute atomic E-state index is 0.353. The summed E-state index contributed by atoms with van der Waals surface area (Å²) in [4.78, 5) is 12.1. The van der Waals surface area contributed by atoms with E-state index in [1.807, 2.05) is 27.7 Å². The molecule has 1 fully saturated rings. The summed E-state index contributed by atoms with van der Waals surface area (Å²) < 4.78 is 17.5. The summed E-state index contributed by atoms with van der Waals surface area (Å²) in [6.45, 7) is 7.98. The van der Waals surface area contributed by atoms with Gasteiger partial charge in [0, 0.05) is 5.46 Å². The van der Waals surface area contributed by atoms with Gasteiger partial charge in [0.1, 0.15) is 4.88 Å². The smallest absolute Gasteiger partial charge is 0.465 e. The van der Waals surface area contributed by atoms with E-state index in [4.69, 9.17) is 14.0 Å². The predicted octanol–water partition coefficient (Wildman–Crippen LogP) is 2.60. The zero-order valence-electron chi connectivity index (χ0n) is 11.6. The lowest BCUT2D eigenvalue weighted by molar-refractivity contribution is 0.00578. The van der Waals surface area contributed by atoms with Crippen LogP contribution in [0.3, 0.4) is 0 Å². The van der Waals surface area contributed by atoms with Crippen LogP contribution in [0.15, 0.2) is 9.85 Å². The van der Waals surface area contributed by atoms with E-state index in [-0.39, 0.29) is 5.97 Å². The second-order valence-electron chi connectivity index (χ2n) is 5.42. The van der Waals surface area contributed by atoms with Gasteiger partial charge in [-0.25, -0.2) is 4.79 Å². The van der Waals surface area contributed by atoms with Crippen molar-refractivity contribution in [2.45, 2.75) is 38.9 Å². The quantitative estimate of drug-likeness (QED) is 0.610. The Morgan fingerprint density at radius 2 is 1.84 bits per heavy atom. The zero-order chi connectivity index (χ0) is 14.4. The number of hydrogen-bond donors (Lipinski definition) is 0. The highest BCUT2D eigenvalue weighted by Crippen LogP contribution is 2.37. The van der Waals surface area contributed by atoms with E-state index in [1.54, 1.807) is 6.07 Å². The SMILES string of the molecule is COC(=O)c1cc(B2OC(C)(C)C(C)(C)O2)c(Br)s1. The molecule has 0 atom stereocenters. The summed E-state index contributed by atoms with van der Waals surface area (Å²) in [5, 5.41) is 0. The van der Waals surface area contributed by atoms with Gasteiger partial charge in [0.25, 0.3) is 0 Å². The molecule has 1 saturated heterocycles. The molecule has 0 unspecified atom stereocenters. The van der Waals surface area contributed by atoms with Crippen molar-refractivity contribution in [1.82, 2.24) is 0 Å². The topological polar surface area (TPSA) is 44.8 Å². The summed E-state index contributed by atoms with van der Waals surface area (Å²) in [6.07, 6.45) is 0. The van der Waals surface area contributed by atoms with Crippen LogP contribution in [0.4, 0.5) is 0 Å². The Morgan fingerprint density at radius 1 is 1.32 bits per heavy atom. The molecular formula is C12H16BBrO4S. The first-order chi connectivity index (χ1) is 8.68. The number of thiophene rings is 1. The first kappa shape index (κ1) is 15.0. The Labute approximate surface area is 125 Å². The largest absolute Gasteiger partial charge is 0.496 e. The summed E-state index contributed by atoms with van der Waals surface area (Å²) in [5.41, 5.74) is 0.0265. The third kappa shape index (κ3) is 2.61. The fraction of sp³-hybridized carbons (Fsp3) is 0.583. The molecule has 0 spiro atoms. The van der Waals surface area contributed by atoms with E-state index in [0.717, 1.165) is 9.25 Å². The lowest BCUT2D eigenvalue weighted by atomic mass is 9.81. The molecule has 2 rings (SSSR count). The van der Waals surface area contributed by atoms with Gasteiger partial charge in [-0.2, -0.15) is 0 Å². The van der Waals surface area contributed by atoms with Crippen LogP contribution in [0.25, 0.3) is 0 Å². The molecule has 0 aliphatic carbocycles. The van der Waals surface area contributed by atoms with Crippen LogP contribution in [0.1, 0.15) is 37.4 Å². The molecule has 0 saturated carbocycles. The molecular weight excluding hydrogens is 331 g/mol. The fourth-order valence-electron chi connectivity index (χ4n) is 1.71. The van der Waals surface area contributed by atoms with Gasteiger partial charge in [-0.1, -0.05) is 0 Å². The van der Waals surface area contributed by atoms with Crippen molar-refractivity contribution in [3.8, 4) is 0 Å². The van der Waals surface area contributed by atoms with E-state index in [1.165, 1.54) is 18.4 Å². The summed E-state index contributed by atoms with van der Waals surface area (Å²) in [5.74, 6) is -0.353. The first-order valence-electron chi connectivity index (χ1n) is 5.91. The Balaban J connectivity index is 2.30. The van der Waals surface area contributed by atoms with Gasteiger partial charge in [-0.15, -0.1) is 11.3 Å². The van der Waals surface area contributed by atoms with E-state index in [2.05, 4.69) is 15.9 Å². The van der Waals surface area contributed by atoms with Gasteiger partial charge in [-0.3, -0.25) is 0 Å². The van der Waals surface area contributed by atoms with Crippen LogP contribution in [0.2, 0.25) is 0 Å². The monoisotopic (exact) mass is 346 g/mol. The third-order valence-corrected chi connectivity index (χ3v) is 5.47. The third-order valence-electron chi connectivity index (χ3n) is 3.61. The van der Waals surface area contributed by atoms with Crippen molar-refractivity contribution in [1.29, 1.82) is 0 Å². The highest BCUT2D eigenvalue weighted by molar-refractivity contribution is 9.11. The standard InChI is InChI=1S/C12H16BBrO4S/c1-11(2)12(3,4)18-13(17-11)7-6-8(10(15)16-5)19-9(7)14/h6H,1-5H3. The van der Waals surface area contributed by atoms with Gasteiger partial charge in [-0.05, 0) is 49.7 Å².